The van der Waals surface area contributed by atoms with Gasteiger partial charge in [0.15, 0.2) is 5.96 Å². The highest BCUT2D eigenvalue weighted by Crippen LogP contribution is 2.28. The first-order chi connectivity index (χ1) is 14.6. The largest absolute Gasteiger partial charge is 0.497 e. The molecule has 2 aliphatic heterocycles. The van der Waals surface area contributed by atoms with Gasteiger partial charge in [-0.3, -0.25) is 14.7 Å². The van der Waals surface area contributed by atoms with Crippen molar-refractivity contribution in [1.82, 2.24) is 15.1 Å². The zero-order valence-electron chi connectivity index (χ0n) is 18.9. The molecule has 0 saturated carbocycles. The molecule has 7 nitrogen and oxygen atoms in total. The maximum Gasteiger partial charge on any atom is 0.217 e. The second kappa shape index (κ2) is 13.1. The van der Waals surface area contributed by atoms with Gasteiger partial charge in [-0.05, 0) is 69.3 Å². The number of nitrogens with two attached hydrogens (primary N) is 1. The SMILES string of the molecule is CCNC(=NCC(c1cccc(OC)c1)N1CCCC1)N1CCCC(CC(N)=O)C1.I. The summed E-state index contributed by atoms with van der Waals surface area (Å²) >= 11 is 0. The predicted molar refractivity (Wildman–Crippen MR) is 136 cm³/mol. The van der Waals surface area contributed by atoms with E-state index in [1.165, 1.54) is 18.4 Å². The molecule has 2 aliphatic rings. The Morgan fingerprint density at radius 2 is 2.06 bits per heavy atom. The number of likely N-dealkylation sites (tertiary alicyclic amines) is 2. The molecule has 0 aliphatic carbocycles. The van der Waals surface area contributed by atoms with E-state index >= 15 is 0 Å². The van der Waals surface area contributed by atoms with Crippen LogP contribution in [0.2, 0.25) is 0 Å². The molecule has 2 saturated heterocycles. The van der Waals surface area contributed by atoms with Crippen LogP contribution in [0.1, 0.15) is 50.6 Å². The third-order valence-corrected chi connectivity index (χ3v) is 6.12. The molecule has 31 heavy (non-hydrogen) atoms. The lowest BCUT2D eigenvalue weighted by atomic mass is 9.95. The first-order valence-corrected chi connectivity index (χ1v) is 11.3. The maximum atomic E-state index is 11.4. The molecule has 2 heterocycles. The number of carbonyl (C=O) groups is 1. The number of benzene rings is 1. The minimum atomic E-state index is -0.212. The molecule has 0 spiro atoms. The summed E-state index contributed by atoms with van der Waals surface area (Å²) in [6, 6.07) is 8.60. The lowest BCUT2D eigenvalue weighted by Gasteiger charge is -2.35. The van der Waals surface area contributed by atoms with Crippen LogP contribution in [0, 0.1) is 5.92 Å². The van der Waals surface area contributed by atoms with Gasteiger partial charge < -0.3 is 20.7 Å². The molecule has 0 radical (unpaired) electrons. The molecule has 2 fully saturated rings. The van der Waals surface area contributed by atoms with Crippen LogP contribution in [-0.2, 0) is 4.79 Å². The van der Waals surface area contributed by atoms with Crippen LogP contribution in [0.3, 0.4) is 0 Å². The molecular weight excluding hydrogens is 505 g/mol. The van der Waals surface area contributed by atoms with E-state index in [2.05, 4.69) is 40.2 Å². The number of methoxy groups -OCH3 is 1. The van der Waals surface area contributed by atoms with Gasteiger partial charge in [-0.25, -0.2) is 0 Å². The highest BCUT2D eigenvalue weighted by molar-refractivity contribution is 14.0. The highest BCUT2D eigenvalue weighted by atomic mass is 127. The topological polar surface area (TPSA) is 83.2 Å². The number of ether oxygens (including phenoxy) is 1. The number of hydrogen-bond acceptors (Lipinski definition) is 4. The molecule has 1 aromatic rings. The zero-order chi connectivity index (χ0) is 21.3. The smallest absolute Gasteiger partial charge is 0.217 e. The summed E-state index contributed by atoms with van der Waals surface area (Å²) in [6.07, 6.45) is 5.05. The number of halogens is 1. The zero-order valence-corrected chi connectivity index (χ0v) is 21.2. The molecule has 3 rings (SSSR count). The Balaban J connectivity index is 0.00000341. The van der Waals surface area contributed by atoms with E-state index in [1.54, 1.807) is 7.11 Å². The molecule has 0 bridgehead atoms. The number of nitrogens with zero attached hydrogens (tertiary/aromatic N) is 3. The Morgan fingerprint density at radius 3 is 2.74 bits per heavy atom. The Kier molecular flexibility index (Phi) is 10.9. The Bertz CT molecular complexity index is 724. The number of piperidine rings is 1. The first-order valence-electron chi connectivity index (χ1n) is 11.3. The third kappa shape index (κ3) is 7.52. The van der Waals surface area contributed by atoms with Crippen molar-refractivity contribution in [3.8, 4) is 5.75 Å². The average molecular weight is 543 g/mol. The van der Waals surface area contributed by atoms with Crippen LogP contribution < -0.4 is 15.8 Å². The summed E-state index contributed by atoms with van der Waals surface area (Å²) in [6.45, 7) is 7.64. The molecule has 0 aromatic heterocycles. The van der Waals surface area contributed by atoms with E-state index in [1.807, 2.05) is 6.07 Å². The summed E-state index contributed by atoms with van der Waals surface area (Å²) in [4.78, 5) is 21.3. The minimum absolute atomic E-state index is 0. The lowest BCUT2D eigenvalue weighted by molar-refractivity contribution is -0.119. The number of guanidine groups is 1. The number of primary amides is 1. The number of aliphatic imine (C=N–C) groups is 1. The van der Waals surface area contributed by atoms with Crippen LogP contribution in [-0.4, -0.2) is 68.0 Å². The van der Waals surface area contributed by atoms with Crippen molar-refractivity contribution < 1.29 is 9.53 Å². The van der Waals surface area contributed by atoms with E-state index in [0.29, 0.717) is 18.9 Å². The van der Waals surface area contributed by atoms with Crippen molar-refractivity contribution >= 4 is 35.8 Å². The van der Waals surface area contributed by atoms with Gasteiger partial charge in [-0.1, -0.05) is 12.1 Å². The molecule has 1 amide bonds. The van der Waals surface area contributed by atoms with Crippen molar-refractivity contribution in [2.24, 2.45) is 16.6 Å². The van der Waals surface area contributed by atoms with E-state index < -0.39 is 0 Å². The van der Waals surface area contributed by atoms with Crippen LogP contribution in [0.4, 0.5) is 0 Å². The fraction of sp³-hybridized carbons (Fsp3) is 0.652. The first kappa shape index (κ1) is 25.7. The standard InChI is InChI=1S/C23H37N5O2.HI/c1-3-25-23(28-13-7-8-18(17-28)14-22(24)29)26-16-21(27-11-4-5-12-27)19-9-6-10-20(15-19)30-2;/h6,9-10,15,18,21H,3-5,7-8,11-14,16-17H2,1-2H3,(H2,24,29)(H,25,26);1H. The van der Waals surface area contributed by atoms with Gasteiger partial charge in [-0.15, -0.1) is 24.0 Å². The van der Waals surface area contributed by atoms with Crippen LogP contribution >= 0.6 is 24.0 Å². The summed E-state index contributed by atoms with van der Waals surface area (Å²) < 4.78 is 5.46. The number of rotatable bonds is 8. The van der Waals surface area contributed by atoms with Gasteiger partial charge >= 0.3 is 0 Å². The van der Waals surface area contributed by atoms with E-state index in [-0.39, 0.29) is 35.9 Å². The van der Waals surface area contributed by atoms with Crippen molar-refractivity contribution in [2.75, 3.05) is 46.4 Å². The number of carbonyl (C=O) groups excluding carboxylic acids is 1. The van der Waals surface area contributed by atoms with Crippen molar-refractivity contribution in [1.29, 1.82) is 0 Å². The van der Waals surface area contributed by atoms with Gasteiger partial charge in [0.2, 0.25) is 5.91 Å². The molecule has 2 unspecified atom stereocenters. The van der Waals surface area contributed by atoms with Crippen LogP contribution in [0.15, 0.2) is 29.3 Å². The second-order valence-electron chi connectivity index (χ2n) is 8.35. The highest BCUT2D eigenvalue weighted by Gasteiger charge is 2.26. The number of nitrogens with one attached hydrogen (secondary N) is 1. The second-order valence-corrected chi connectivity index (χ2v) is 8.35. The predicted octanol–water partition coefficient (Wildman–Crippen LogP) is 3.00. The molecular formula is C23H38IN5O2. The fourth-order valence-electron chi connectivity index (χ4n) is 4.64. The van der Waals surface area contributed by atoms with Gasteiger partial charge in [0.25, 0.3) is 0 Å². The quantitative estimate of drug-likeness (QED) is 0.299. The molecule has 8 heteroatoms. The van der Waals surface area contributed by atoms with E-state index in [4.69, 9.17) is 15.5 Å². The Labute approximate surface area is 203 Å². The van der Waals surface area contributed by atoms with Crippen LogP contribution in [0.5, 0.6) is 5.75 Å². The number of hydrogen-bond donors (Lipinski definition) is 2. The Hall–Kier alpha value is -1.55. The fourth-order valence-corrected chi connectivity index (χ4v) is 4.64. The van der Waals surface area contributed by atoms with Gasteiger partial charge in [0, 0.05) is 26.1 Å². The van der Waals surface area contributed by atoms with E-state index in [9.17, 15) is 4.79 Å². The molecule has 3 N–H and O–H groups in total. The van der Waals surface area contributed by atoms with Gasteiger partial charge in [0.1, 0.15) is 5.75 Å². The summed E-state index contributed by atoms with van der Waals surface area (Å²) in [5.41, 5.74) is 6.69. The number of amides is 1. The third-order valence-electron chi connectivity index (χ3n) is 6.12. The molecule has 174 valence electrons. The Morgan fingerprint density at radius 1 is 1.29 bits per heavy atom. The minimum Gasteiger partial charge on any atom is -0.497 e. The van der Waals surface area contributed by atoms with Crippen molar-refractivity contribution in [3.05, 3.63) is 29.8 Å². The normalized spacial score (nSPS) is 20.8. The van der Waals surface area contributed by atoms with Gasteiger partial charge in [0.05, 0.1) is 19.7 Å². The van der Waals surface area contributed by atoms with Crippen molar-refractivity contribution in [3.63, 3.8) is 0 Å². The molecule has 1 aromatic carbocycles. The monoisotopic (exact) mass is 543 g/mol. The molecule has 2 atom stereocenters. The van der Waals surface area contributed by atoms with E-state index in [0.717, 1.165) is 57.3 Å². The summed E-state index contributed by atoms with van der Waals surface area (Å²) in [5, 5.41) is 3.46. The summed E-state index contributed by atoms with van der Waals surface area (Å²) in [7, 11) is 1.71. The van der Waals surface area contributed by atoms with Crippen LogP contribution in [0.25, 0.3) is 0 Å². The summed E-state index contributed by atoms with van der Waals surface area (Å²) in [5.74, 6) is 1.93. The maximum absolute atomic E-state index is 11.4. The average Bonchev–Trinajstić information content (AvgIpc) is 3.27. The van der Waals surface area contributed by atoms with Gasteiger partial charge in [-0.2, -0.15) is 0 Å². The van der Waals surface area contributed by atoms with Crippen molar-refractivity contribution in [2.45, 2.75) is 45.1 Å². The lowest BCUT2D eigenvalue weighted by Crippen LogP contribution is -2.47.